The molecule has 0 saturated carbocycles. The lowest BCUT2D eigenvalue weighted by Gasteiger charge is -2.07. The molecule has 2 aromatic carbocycles. The molecule has 152 valence electrons. The van der Waals surface area contributed by atoms with Crippen molar-refractivity contribution in [3.05, 3.63) is 81.9 Å². The van der Waals surface area contributed by atoms with E-state index in [9.17, 15) is 9.59 Å². The highest BCUT2D eigenvalue weighted by Crippen LogP contribution is 2.26. The molecular weight excluding hydrogens is 422 g/mol. The number of carbonyl (C=O) groups is 1. The maximum absolute atomic E-state index is 12.2. The number of rotatable bonds is 7. The number of carbonyl (C=O) groups excluding carboxylic acids is 1. The Morgan fingerprint density at radius 2 is 2.00 bits per heavy atom. The second-order valence-corrected chi connectivity index (χ2v) is 8.47. The second-order valence-electron chi connectivity index (χ2n) is 6.39. The van der Waals surface area contributed by atoms with Crippen molar-refractivity contribution in [2.45, 2.75) is 17.0 Å². The number of aryl methyl sites for hydroxylation is 1. The number of hydrogen-bond donors (Lipinski definition) is 0. The van der Waals surface area contributed by atoms with Gasteiger partial charge >= 0.3 is 5.97 Å². The molecule has 0 atom stereocenters. The smallest absolute Gasteiger partial charge is 0.349 e. The summed E-state index contributed by atoms with van der Waals surface area (Å²) in [7, 11) is 0. The number of thioether (sulfide) groups is 1. The van der Waals surface area contributed by atoms with Crippen LogP contribution in [0.2, 0.25) is 0 Å². The molecule has 0 aliphatic rings. The standard InChI is InChI=1S/C22H17NO5S2/c1-14-12-29-22(23-14)30-13-18-9-19(24)20(10-26-18)28-21(25)11-27-17-7-6-15-4-2-3-5-16(15)8-17/h2-10,12H,11,13H2,1H3. The number of esters is 1. The van der Waals surface area contributed by atoms with Gasteiger partial charge in [-0.05, 0) is 29.8 Å². The largest absolute Gasteiger partial charge is 0.482 e. The minimum Gasteiger partial charge on any atom is -0.482 e. The molecule has 0 radical (unpaired) electrons. The first-order valence-electron chi connectivity index (χ1n) is 9.06. The van der Waals surface area contributed by atoms with E-state index in [1.807, 2.05) is 48.7 Å². The highest BCUT2D eigenvalue weighted by molar-refractivity contribution is 8.00. The number of benzene rings is 2. The zero-order valence-electron chi connectivity index (χ0n) is 16.0. The topological polar surface area (TPSA) is 78.6 Å². The van der Waals surface area contributed by atoms with Crippen molar-refractivity contribution in [1.29, 1.82) is 0 Å². The monoisotopic (exact) mass is 439 g/mol. The highest BCUT2D eigenvalue weighted by Gasteiger charge is 2.12. The molecule has 2 heterocycles. The van der Waals surface area contributed by atoms with Gasteiger partial charge in [-0.2, -0.15) is 0 Å². The van der Waals surface area contributed by atoms with Gasteiger partial charge in [-0.25, -0.2) is 9.78 Å². The van der Waals surface area contributed by atoms with E-state index in [1.54, 1.807) is 6.07 Å². The summed E-state index contributed by atoms with van der Waals surface area (Å²) in [5, 5.41) is 4.04. The van der Waals surface area contributed by atoms with Crippen molar-refractivity contribution in [2.75, 3.05) is 6.61 Å². The van der Waals surface area contributed by atoms with Crippen LogP contribution in [0, 0.1) is 6.92 Å². The van der Waals surface area contributed by atoms with Gasteiger partial charge in [0.1, 0.15) is 17.8 Å². The van der Waals surface area contributed by atoms with Crippen molar-refractivity contribution in [3.8, 4) is 11.5 Å². The summed E-state index contributed by atoms with van der Waals surface area (Å²) in [6, 6.07) is 14.7. The Kier molecular flexibility index (Phi) is 6.15. The van der Waals surface area contributed by atoms with Crippen molar-refractivity contribution in [2.24, 2.45) is 0 Å². The molecule has 0 N–H and O–H groups in total. The van der Waals surface area contributed by atoms with Crippen LogP contribution in [0.5, 0.6) is 11.5 Å². The van der Waals surface area contributed by atoms with Gasteiger partial charge in [-0.15, -0.1) is 11.3 Å². The highest BCUT2D eigenvalue weighted by atomic mass is 32.2. The predicted octanol–water partition coefficient (Wildman–Crippen LogP) is 4.83. The van der Waals surface area contributed by atoms with Gasteiger partial charge < -0.3 is 13.9 Å². The maximum Gasteiger partial charge on any atom is 0.349 e. The van der Waals surface area contributed by atoms with E-state index in [-0.39, 0.29) is 12.4 Å². The minimum absolute atomic E-state index is 0.166. The van der Waals surface area contributed by atoms with E-state index in [0.717, 1.165) is 27.1 Å². The molecular formula is C22H17NO5S2. The first-order chi connectivity index (χ1) is 14.6. The summed E-state index contributed by atoms with van der Waals surface area (Å²) in [5.41, 5.74) is 0.531. The summed E-state index contributed by atoms with van der Waals surface area (Å²) in [4.78, 5) is 28.6. The van der Waals surface area contributed by atoms with Crippen LogP contribution in [-0.2, 0) is 10.5 Å². The van der Waals surface area contributed by atoms with Crippen molar-refractivity contribution in [1.82, 2.24) is 4.98 Å². The normalized spacial score (nSPS) is 10.8. The quantitative estimate of drug-likeness (QED) is 0.301. The first-order valence-corrected chi connectivity index (χ1v) is 10.9. The molecule has 2 aromatic heterocycles. The number of ether oxygens (including phenoxy) is 2. The number of aromatic nitrogens is 1. The molecule has 0 amide bonds. The zero-order chi connectivity index (χ0) is 20.9. The predicted molar refractivity (Wildman–Crippen MR) is 116 cm³/mol. The molecule has 6 nitrogen and oxygen atoms in total. The number of hydrogen-bond acceptors (Lipinski definition) is 8. The fraction of sp³-hybridized carbons (Fsp3) is 0.136. The first kappa shape index (κ1) is 20.2. The van der Waals surface area contributed by atoms with Crippen LogP contribution in [0.15, 0.2) is 73.7 Å². The Bertz CT molecular complexity index is 1250. The number of nitrogens with zero attached hydrogens (tertiary/aromatic N) is 1. The summed E-state index contributed by atoms with van der Waals surface area (Å²) < 4.78 is 16.9. The molecule has 0 saturated heterocycles. The lowest BCUT2D eigenvalue weighted by molar-refractivity contribution is -0.136. The van der Waals surface area contributed by atoms with Crippen molar-refractivity contribution >= 4 is 39.8 Å². The Morgan fingerprint density at radius 3 is 2.77 bits per heavy atom. The van der Waals surface area contributed by atoms with Crippen LogP contribution >= 0.6 is 23.1 Å². The zero-order valence-corrected chi connectivity index (χ0v) is 17.6. The SMILES string of the molecule is Cc1csc(SCc2cc(=O)c(OC(=O)COc3ccc4ccccc4c3)co2)n1. The Hall–Kier alpha value is -3.10. The van der Waals surface area contributed by atoms with Gasteiger partial charge in [-0.1, -0.05) is 42.1 Å². The molecule has 8 heteroatoms. The fourth-order valence-electron chi connectivity index (χ4n) is 2.67. The molecule has 4 aromatic rings. The van der Waals surface area contributed by atoms with Gasteiger partial charge in [0.2, 0.25) is 11.2 Å². The summed E-state index contributed by atoms with van der Waals surface area (Å²) in [6.07, 6.45) is 1.15. The summed E-state index contributed by atoms with van der Waals surface area (Å²) in [5.74, 6) is 0.631. The van der Waals surface area contributed by atoms with E-state index in [2.05, 4.69) is 4.98 Å². The van der Waals surface area contributed by atoms with E-state index in [4.69, 9.17) is 13.9 Å². The van der Waals surface area contributed by atoms with Gasteiger partial charge in [0.25, 0.3) is 0 Å². The van der Waals surface area contributed by atoms with Crippen LogP contribution in [0.4, 0.5) is 0 Å². The van der Waals surface area contributed by atoms with Crippen LogP contribution in [0.1, 0.15) is 11.5 Å². The lowest BCUT2D eigenvalue weighted by Crippen LogP contribution is -2.20. The minimum atomic E-state index is -0.684. The van der Waals surface area contributed by atoms with E-state index in [0.29, 0.717) is 17.3 Å². The maximum atomic E-state index is 12.2. The summed E-state index contributed by atoms with van der Waals surface area (Å²) in [6.45, 7) is 1.60. The van der Waals surface area contributed by atoms with Gasteiger partial charge in [0, 0.05) is 17.1 Å². The van der Waals surface area contributed by atoms with Gasteiger partial charge in [-0.3, -0.25) is 4.79 Å². The molecule has 30 heavy (non-hydrogen) atoms. The van der Waals surface area contributed by atoms with Crippen LogP contribution in [-0.4, -0.2) is 17.6 Å². The average Bonchev–Trinajstić information content (AvgIpc) is 3.17. The lowest BCUT2D eigenvalue weighted by atomic mass is 10.1. The number of thiazole rings is 1. The molecule has 0 spiro atoms. The van der Waals surface area contributed by atoms with Crippen LogP contribution in [0.3, 0.4) is 0 Å². The molecule has 0 bridgehead atoms. The van der Waals surface area contributed by atoms with E-state index in [1.165, 1.54) is 29.2 Å². The van der Waals surface area contributed by atoms with Crippen molar-refractivity contribution < 1.29 is 18.7 Å². The van der Waals surface area contributed by atoms with Crippen molar-refractivity contribution in [3.63, 3.8) is 0 Å². The molecule has 0 fully saturated rings. The van der Waals surface area contributed by atoms with Crippen LogP contribution in [0.25, 0.3) is 10.8 Å². The fourth-order valence-corrected chi connectivity index (χ4v) is 4.41. The van der Waals surface area contributed by atoms with Gasteiger partial charge in [0.15, 0.2) is 10.9 Å². The third-order valence-electron chi connectivity index (χ3n) is 4.09. The second kappa shape index (κ2) is 9.15. The Balaban J connectivity index is 1.32. The van der Waals surface area contributed by atoms with Crippen LogP contribution < -0.4 is 14.9 Å². The van der Waals surface area contributed by atoms with E-state index >= 15 is 0 Å². The molecule has 0 aliphatic heterocycles. The third kappa shape index (κ3) is 5.08. The molecule has 4 rings (SSSR count). The van der Waals surface area contributed by atoms with Gasteiger partial charge in [0.05, 0.1) is 5.75 Å². The third-order valence-corrected chi connectivity index (χ3v) is 6.25. The number of fused-ring (bicyclic) bond motifs is 1. The molecule has 0 aliphatic carbocycles. The average molecular weight is 440 g/mol. The summed E-state index contributed by atoms with van der Waals surface area (Å²) >= 11 is 3.01. The molecule has 0 unspecified atom stereocenters. The Labute approximate surface area is 180 Å². The Morgan fingerprint density at radius 1 is 1.17 bits per heavy atom. The van der Waals surface area contributed by atoms with E-state index < -0.39 is 11.4 Å².